The number of aromatic nitrogens is 1. The highest BCUT2D eigenvalue weighted by atomic mass is 19.4. The molecule has 0 atom stereocenters. The molecular weight excluding hydrogens is 319 g/mol. The highest BCUT2D eigenvalue weighted by Gasteiger charge is 2.34. The summed E-state index contributed by atoms with van der Waals surface area (Å²) in [6, 6.07) is 9.24. The lowest BCUT2D eigenvalue weighted by molar-refractivity contribution is -0.136. The van der Waals surface area contributed by atoms with Gasteiger partial charge in [0.25, 0.3) is 0 Å². The van der Waals surface area contributed by atoms with Gasteiger partial charge in [-0.05, 0) is 43.2 Å². The summed E-state index contributed by atoms with van der Waals surface area (Å²) in [5, 5.41) is 18.1. The molecule has 4 nitrogen and oxygen atoms in total. The van der Waals surface area contributed by atoms with E-state index in [0.717, 1.165) is 17.2 Å². The number of aromatic amines is 1. The van der Waals surface area contributed by atoms with Crippen molar-refractivity contribution in [2.45, 2.75) is 20.0 Å². The second-order valence-corrected chi connectivity index (χ2v) is 5.59. The number of alkyl halides is 3. The number of nitrogens with one attached hydrogen (secondary N) is 1. The zero-order valence-electron chi connectivity index (χ0n) is 12.9. The highest BCUT2D eigenvalue weighted by Crippen LogP contribution is 2.42. The zero-order valence-corrected chi connectivity index (χ0v) is 12.9. The molecule has 0 aliphatic heterocycles. The van der Waals surface area contributed by atoms with Gasteiger partial charge in [-0.1, -0.05) is 18.2 Å². The molecule has 1 aromatic heterocycles. The van der Waals surface area contributed by atoms with E-state index in [2.05, 4.69) is 15.2 Å². The summed E-state index contributed by atoms with van der Waals surface area (Å²) in [7, 11) is 0. The molecule has 0 aliphatic rings. The Hall–Kier alpha value is -2.83. The van der Waals surface area contributed by atoms with E-state index in [1.807, 2.05) is 19.9 Å². The fourth-order valence-electron chi connectivity index (χ4n) is 2.64. The average molecular weight is 333 g/mol. The van der Waals surface area contributed by atoms with Crippen LogP contribution in [0.2, 0.25) is 0 Å². The van der Waals surface area contributed by atoms with Crippen molar-refractivity contribution in [3.63, 3.8) is 0 Å². The van der Waals surface area contributed by atoms with Crippen molar-refractivity contribution >= 4 is 22.3 Å². The number of para-hydroxylation sites is 1. The van der Waals surface area contributed by atoms with Gasteiger partial charge in [0.1, 0.15) is 0 Å². The number of H-pyrrole nitrogens is 1. The van der Waals surface area contributed by atoms with E-state index in [4.69, 9.17) is 0 Å². The smallest absolute Gasteiger partial charge is 0.418 e. The van der Waals surface area contributed by atoms with Crippen molar-refractivity contribution < 1.29 is 18.3 Å². The number of fused-ring (bicyclic) bond motifs is 1. The first kappa shape index (κ1) is 16.0. The number of hydrogen-bond acceptors (Lipinski definition) is 3. The summed E-state index contributed by atoms with van der Waals surface area (Å²) >= 11 is 0. The van der Waals surface area contributed by atoms with E-state index in [0.29, 0.717) is 5.69 Å². The van der Waals surface area contributed by atoms with Crippen LogP contribution in [0.3, 0.4) is 0 Å². The minimum absolute atomic E-state index is 0.0183. The third-order valence-electron chi connectivity index (χ3n) is 3.56. The van der Waals surface area contributed by atoms with Crippen LogP contribution in [-0.2, 0) is 6.18 Å². The molecule has 0 saturated carbocycles. The highest BCUT2D eigenvalue weighted by molar-refractivity contribution is 5.96. The van der Waals surface area contributed by atoms with Crippen molar-refractivity contribution in [3.05, 3.63) is 53.1 Å². The summed E-state index contributed by atoms with van der Waals surface area (Å²) < 4.78 is 39.1. The van der Waals surface area contributed by atoms with Gasteiger partial charge < -0.3 is 10.1 Å². The van der Waals surface area contributed by atoms with Crippen molar-refractivity contribution in [2.24, 2.45) is 10.2 Å². The molecular formula is C17H14F3N3O. The molecule has 0 fully saturated rings. The molecule has 0 aliphatic carbocycles. The molecule has 3 aromatic rings. The van der Waals surface area contributed by atoms with Gasteiger partial charge in [0.2, 0.25) is 5.88 Å². The number of hydrogen-bond donors (Lipinski definition) is 2. The summed E-state index contributed by atoms with van der Waals surface area (Å²) in [6.07, 6.45) is -4.53. The van der Waals surface area contributed by atoms with Crippen LogP contribution in [0, 0.1) is 13.8 Å². The molecule has 3 rings (SSSR count). The molecule has 7 heteroatoms. The standard InChI is InChI=1S/C17H14F3N3O/c1-9-6-10(2)8-11(7-9)22-23-15-12-4-3-5-13(17(18,19)20)14(12)21-16(15)24/h3-8,21,24H,1-2H3. The van der Waals surface area contributed by atoms with Gasteiger partial charge in [-0.3, -0.25) is 0 Å². The van der Waals surface area contributed by atoms with Crippen molar-refractivity contribution in [3.8, 4) is 5.88 Å². The van der Waals surface area contributed by atoms with Crippen molar-refractivity contribution in [1.82, 2.24) is 4.98 Å². The zero-order chi connectivity index (χ0) is 17.5. The lowest BCUT2D eigenvalue weighted by Gasteiger charge is -2.07. The number of rotatable bonds is 2. The van der Waals surface area contributed by atoms with E-state index in [-0.39, 0.29) is 16.6 Å². The van der Waals surface area contributed by atoms with Gasteiger partial charge in [-0.15, -0.1) is 5.11 Å². The second kappa shape index (κ2) is 5.67. The average Bonchev–Trinajstić information content (AvgIpc) is 2.78. The number of aryl methyl sites for hydroxylation is 2. The monoisotopic (exact) mass is 333 g/mol. The number of nitrogens with zero attached hydrogens (tertiary/aromatic N) is 2. The summed E-state index contributed by atoms with van der Waals surface area (Å²) in [6.45, 7) is 3.82. The summed E-state index contributed by atoms with van der Waals surface area (Å²) in [5.41, 5.74) is 1.46. The fourth-order valence-corrected chi connectivity index (χ4v) is 2.64. The third-order valence-corrected chi connectivity index (χ3v) is 3.56. The predicted octanol–water partition coefficient (Wildman–Crippen LogP) is 5.92. The molecule has 124 valence electrons. The van der Waals surface area contributed by atoms with Crippen LogP contribution in [0.15, 0.2) is 46.6 Å². The van der Waals surface area contributed by atoms with Gasteiger partial charge in [0.15, 0.2) is 5.69 Å². The van der Waals surface area contributed by atoms with Crippen molar-refractivity contribution in [2.75, 3.05) is 0 Å². The Labute approximate surface area is 135 Å². The van der Waals surface area contributed by atoms with Crippen LogP contribution in [0.1, 0.15) is 16.7 Å². The largest absolute Gasteiger partial charge is 0.493 e. The van der Waals surface area contributed by atoms with Gasteiger partial charge in [0, 0.05) is 5.39 Å². The second-order valence-electron chi connectivity index (χ2n) is 5.59. The van der Waals surface area contributed by atoms with E-state index >= 15 is 0 Å². The van der Waals surface area contributed by atoms with Crippen LogP contribution in [0.5, 0.6) is 5.88 Å². The molecule has 0 radical (unpaired) electrons. The van der Waals surface area contributed by atoms with Gasteiger partial charge in [-0.25, -0.2) is 0 Å². The van der Waals surface area contributed by atoms with Crippen LogP contribution >= 0.6 is 0 Å². The number of halogens is 3. The maximum atomic E-state index is 13.0. The predicted molar refractivity (Wildman–Crippen MR) is 85.1 cm³/mol. The minimum Gasteiger partial charge on any atom is -0.493 e. The van der Waals surface area contributed by atoms with Crippen LogP contribution in [0.25, 0.3) is 10.9 Å². The normalized spacial score (nSPS) is 12.4. The Morgan fingerprint density at radius 2 is 1.67 bits per heavy atom. The van der Waals surface area contributed by atoms with E-state index in [1.54, 1.807) is 12.1 Å². The Morgan fingerprint density at radius 3 is 2.29 bits per heavy atom. The molecule has 1 heterocycles. The van der Waals surface area contributed by atoms with Gasteiger partial charge >= 0.3 is 6.18 Å². The van der Waals surface area contributed by atoms with E-state index in [1.165, 1.54) is 12.1 Å². The Balaban J connectivity index is 2.10. The quantitative estimate of drug-likeness (QED) is 0.561. The first-order chi connectivity index (χ1) is 11.3. The maximum Gasteiger partial charge on any atom is 0.418 e. The lowest BCUT2D eigenvalue weighted by atomic mass is 10.1. The molecule has 24 heavy (non-hydrogen) atoms. The SMILES string of the molecule is Cc1cc(C)cc(N=Nc2c(O)[nH]c3c(C(F)(F)F)cccc23)c1. The number of benzene rings is 2. The maximum absolute atomic E-state index is 13.0. The first-order valence-electron chi connectivity index (χ1n) is 7.16. The van der Waals surface area contributed by atoms with Crippen LogP contribution in [0.4, 0.5) is 24.5 Å². The van der Waals surface area contributed by atoms with Crippen LogP contribution < -0.4 is 0 Å². The number of aromatic hydroxyl groups is 1. The number of azo groups is 1. The van der Waals surface area contributed by atoms with Crippen LogP contribution in [-0.4, -0.2) is 10.1 Å². The Morgan fingerprint density at radius 1 is 1.00 bits per heavy atom. The fraction of sp³-hybridized carbons (Fsp3) is 0.176. The summed E-state index contributed by atoms with van der Waals surface area (Å²) in [5.74, 6) is -0.449. The van der Waals surface area contributed by atoms with Gasteiger partial charge in [0.05, 0.1) is 16.8 Å². The molecule has 2 N–H and O–H groups in total. The lowest BCUT2D eigenvalue weighted by Crippen LogP contribution is -2.05. The van der Waals surface area contributed by atoms with E-state index < -0.39 is 17.6 Å². The first-order valence-corrected chi connectivity index (χ1v) is 7.16. The topological polar surface area (TPSA) is 60.7 Å². The summed E-state index contributed by atoms with van der Waals surface area (Å²) in [4.78, 5) is 2.34. The Bertz CT molecular complexity index is 922. The molecule has 0 unspecified atom stereocenters. The molecule has 2 aromatic carbocycles. The molecule has 0 bridgehead atoms. The third kappa shape index (κ3) is 2.97. The Kier molecular flexibility index (Phi) is 3.79. The van der Waals surface area contributed by atoms with E-state index in [9.17, 15) is 18.3 Å². The minimum atomic E-state index is -4.53. The van der Waals surface area contributed by atoms with Crippen molar-refractivity contribution in [1.29, 1.82) is 0 Å². The molecule has 0 spiro atoms. The molecule has 0 amide bonds. The van der Waals surface area contributed by atoms with Gasteiger partial charge in [-0.2, -0.15) is 18.3 Å². The molecule has 0 saturated heterocycles.